The van der Waals surface area contributed by atoms with Gasteiger partial charge in [0.1, 0.15) is 0 Å². The Hall–Kier alpha value is -6.32. The van der Waals surface area contributed by atoms with Gasteiger partial charge in [0.2, 0.25) is 0 Å². The van der Waals surface area contributed by atoms with Gasteiger partial charge in [0.15, 0.2) is 7.28 Å². The molecule has 0 aliphatic carbocycles. The highest BCUT2D eigenvalue weighted by Crippen LogP contribution is 2.53. The maximum absolute atomic E-state index is 3.90. The van der Waals surface area contributed by atoms with E-state index < -0.39 is 0 Å². The van der Waals surface area contributed by atoms with Crippen molar-refractivity contribution in [1.82, 2.24) is 0 Å². The van der Waals surface area contributed by atoms with Crippen molar-refractivity contribution in [3.05, 3.63) is 187 Å². The lowest BCUT2D eigenvalue weighted by Crippen LogP contribution is -2.45. The van der Waals surface area contributed by atoms with Crippen LogP contribution in [0.15, 0.2) is 170 Å². The molecule has 0 atom stereocenters. The van der Waals surface area contributed by atoms with Crippen LogP contribution in [0.25, 0.3) is 44.2 Å². The molecule has 2 nitrogen and oxygen atoms in total. The van der Waals surface area contributed by atoms with Crippen LogP contribution >= 0.6 is 0 Å². The molecule has 0 amide bonds. The first kappa shape index (κ1) is 31.4. The van der Waals surface area contributed by atoms with Crippen LogP contribution in [0.5, 0.6) is 0 Å². The van der Waals surface area contributed by atoms with E-state index in [-0.39, 0.29) is 5.41 Å². The number of anilines is 5. The molecule has 8 aromatic carbocycles. The molecule has 252 valence electrons. The van der Waals surface area contributed by atoms with Crippen molar-refractivity contribution in [1.29, 1.82) is 0 Å². The monoisotopic (exact) mass is 678 g/mol. The summed E-state index contributed by atoms with van der Waals surface area (Å²) in [7, 11) is 0.852. The van der Waals surface area contributed by atoms with Crippen LogP contribution in [-0.2, 0) is 5.41 Å². The van der Waals surface area contributed by atoms with Gasteiger partial charge >= 0.3 is 0 Å². The summed E-state index contributed by atoms with van der Waals surface area (Å²) in [5.74, 6) is 0. The standard InChI is InChI=1S/C50H39BN2/c1-32-14-7-9-18-38(32)36-30-40(48-46(31-36)53-45-23-12-11-20-41(45)50(2,3)42-21-13-22-43(51-48)49(42)53)47-39-19-10-8-17-35(39)26-29-44(47)52-37-27-24-34(25-28-37)33-15-5-4-6-16-33/h4-31,51-52H,1-3H3. The van der Waals surface area contributed by atoms with E-state index in [1.165, 1.54) is 88.8 Å². The summed E-state index contributed by atoms with van der Waals surface area (Å²) in [6, 6.07) is 62.4. The van der Waals surface area contributed by atoms with E-state index >= 15 is 0 Å². The number of nitrogens with one attached hydrogen (secondary N) is 1. The molecular weight excluding hydrogens is 639 g/mol. The molecule has 0 fully saturated rings. The Morgan fingerprint density at radius 1 is 0.547 bits per heavy atom. The number of benzene rings is 8. The zero-order valence-electron chi connectivity index (χ0n) is 30.3. The van der Waals surface area contributed by atoms with Crippen molar-refractivity contribution in [3.63, 3.8) is 0 Å². The molecule has 0 saturated heterocycles. The molecule has 1 N–H and O–H groups in total. The third kappa shape index (κ3) is 5.03. The average Bonchev–Trinajstić information content (AvgIpc) is 3.20. The Balaban J connectivity index is 1.24. The largest absolute Gasteiger partial charge is 0.355 e. The van der Waals surface area contributed by atoms with E-state index in [0.29, 0.717) is 0 Å². The van der Waals surface area contributed by atoms with Crippen LogP contribution < -0.4 is 21.1 Å². The van der Waals surface area contributed by atoms with Crippen LogP contribution in [0.1, 0.15) is 30.5 Å². The highest BCUT2D eigenvalue weighted by Gasteiger charge is 2.41. The van der Waals surface area contributed by atoms with E-state index in [1.54, 1.807) is 0 Å². The van der Waals surface area contributed by atoms with Crippen molar-refractivity contribution in [2.75, 3.05) is 10.2 Å². The topological polar surface area (TPSA) is 15.3 Å². The Bertz CT molecular complexity index is 2710. The maximum Gasteiger partial charge on any atom is 0.198 e. The van der Waals surface area contributed by atoms with Crippen LogP contribution in [0.2, 0.25) is 0 Å². The summed E-state index contributed by atoms with van der Waals surface area (Å²) in [6.45, 7) is 6.98. The molecule has 53 heavy (non-hydrogen) atoms. The Morgan fingerprint density at radius 3 is 2.11 bits per heavy atom. The lowest BCUT2D eigenvalue weighted by Gasteiger charge is -2.46. The lowest BCUT2D eigenvalue weighted by atomic mass is 9.55. The molecule has 0 aromatic heterocycles. The molecule has 0 spiro atoms. The number of fused-ring (bicyclic) bond motifs is 5. The molecule has 2 aliphatic rings. The number of rotatable bonds is 5. The van der Waals surface area contributed by atoms with E-state index in [4.69, 9.17) is 0 Å². The third-order valence-corrected chi connectivity index (χ3v) is 11.6. The predicted octanol–water partition coefficient (Wildman–Crippen LogP) is 11.7. The number of aryl methyl sites for hydroxylation is 1. The van der Waals surface area contributed by atoms with E-state index in [9.17, 15) is 0 Å². The first-order valence-corrected chi connectivity index (χ1v) is 18.7. The number of hydrogen-bond acceptors (Lipinski definition) is 2. The van der Waals surface area contributed by atoms with Gasteiger partial charge in [-0.15, -0.1) is 0 Å². The van der Waals surface area contributed by atoms with Crippen LogP contribution in [-0.4, -0.2) is 7.28 Å². The molecular formula is C50H39BN2. The van der Waals surface area contributed by atoms with Gasteiger partial charge in [-0.25, -0.2) is 0 Å². The van der Waals surface area contributed by atoms with Gasteiger partial charge in [-0.1, -0.05) is 153 Å². The highest BCUT2D eigenvalue weighted by atomic mass is 15.2. The van der Waals surface area contributed by atoms with Crippen LogP contribution in [0, 0.1) is 6.92 Å². The molecule has 2 heterocycles. The number of para-hydroxylation sites is 2. The fourth-order valence-corrected chi connectivity index (χ4v) is 8.92. The quantitative estimate of drug-likeness (QED) is 0.182. The van der Waals surface area contributed by atoms with Gasteiger partial charge < -0.3 is 10.2 Å². The fraction of sp³-hybridized carbons (Fsp3) is 0.0800. The SMILES string of the molecule is Cc1ccccc1-c1cc(-c2c(Nc3ccc(-c4ccccc4)cc3)ccc3ccccc23)c2c(c1)N1c3ccccc3C(C)(C)c3cccc(c31)B2. The van der Waals surface area contributed by atoms with Gasteiger partial charge in [0.25, 0.3) is 0 Å². The predicted molar refractivity (Wildman–Crippen MR) is 228 cm³/mol. The summed E-state index contributed by atoms with van der Waals surface area (Å²) < 4.78 is 0. The second kappa shape index (κ2) is 12.1. The second-order valence-corrected chi connectivity index (χ2v) is 15.1. The smallest absolute Gasteiger partial charge is 0.198 e. The second-order valence-electron chi connectivity index (χ2n) is 15.1. The first-order valence-electron chi connectivity index (χ1n) is 18.7. The van der Waals surface area contributed by atoms with Crippen molar-refractivity contribution in [2.45, 2.75) is 26.2 Å². The molecule has 0 unspecified atom stereocenters. The number of hydrogen-bond donors (Lipinski definition) is 1. The Kier molecular flexibility index (Phi) is 7.20. The minimum atomic E-state index is -0.116. The summed E-state index contributed by atoms with van der Waals surface area (Å²) in [6.07, 6.45) is 0. The van der Waals surface area contributed by atoms with Crippen LogP contribution in [0.3, 0.4) is 0 Å². The van der Waals surface area contributed by atoms with Crippen molar-refractivity contribution >= 4 is 57.4 Å². The Labute approximate surface area is 312 Å². The van der Waals surface area contributed by atoms with Gasteiger partial charge in [0, 0.05) is 33.7 Å². The summed E-state index contributed by atoms with van der Waals surface area (Å²) in [5, 5.41) is 6.36. The van der Waals surface area contributed by atoms with Gasteiger partial charge in [0.05, 0.1) is 5.69 Å². The average molecular weight is 679 g/mol. The first-order chi connectivity index (χ1) is 26.0. The molecule has 0 radical (unpaired) electrons. The zero-order chi connectivity index (χ0) is 35.7. The Morgan fingerprint density at radius 2 is 1.26 bits per heavy atom. The molecule has 2 aliphatic heterocycles. The summed E-state index contributed by atoms with van der Waals surface area (Å²) in [5.41, 5.74) is 20.0. The van der Waals surface area contributed by atoms with Gasteiger partial charge in [-0.05, 0) is 104 Å². The molecule has 10 rings (SSSR count). The molecule has 0 bridgehead atoms. The third-order valence-electron chi connectivity index (χ3n) is 11.6. The van der Waals surface area contributed by atoms with E-state index in [1.807, 2.05) is 0 Å². The summed E-state index contributed by atoms with van der Waals surface area (Å²) in [4.78, 5) is 2.58. The molecule has 8 aromatic rings. The number of nitrogens with zero attached hydrogens (tertiary/aromatic N) is 1. The van der Waals surface area contributed by atoms with Crippen molar-refractivity contribution < 1.29 is 0 Å². The lowest BCUT2D eigenvalue weighted by molar-refractivity contribution is 0.632. The summed E-state index contributed by atoms with van der Waals surface area (Å²) >= 11 is 0. The fourth-order valence-electron chi connectivity index (χ4n) is 8.92. The van der Waals surface area contributed by atoms with Crippen molar-refractivity contribution in [3.8, 4) is 33.4 Å². The van der Waals surface area contributed by atoms with Crippen LogP contribution in [0.4, 0.5) is 28.4 Å². The minimum Gasteiger partial charge on any atom is -0.355 e. The van der Waals surface area contributed by atoms with Gasteiger partial charge in [-0.2, -0.15) is 0 Å². The van der Waals surface area contributed by atoms with Crippen molar-refractivity contribution in [2.24, 2.45) is 0 Å². The molecule has 3 heteroatoms. The van der Waals surface area contributed by atoms with E-state index in [0.717, 1.165) is 18.7 Å². The maximum atomic E-state index is 3.90. The minimum absolute atomic E-state index is 0.116. The van der Waals surface area contributed by atoms with E-state index in [2.05, 4.69) is 201 Å². The normalized spacial score (nSPS) is 13.5. The molecule has 0 saturated carbocycles. The van der Waals surface area contributed by atoms with Gasteiger partial charge in [-0.3, -0.25) is 0 Å². The zero-order valence-corrected chi connectivity index (χ0v) is 30.3. The highest BCUT2D eigenvalue weighted by molar-refractivity contribution is 6.73.